The van der Waals surface area contributed by atoms with Gasteiger partial charge in [0.25, 0.3) is 5.91 Å². The van der Waals surface area contributed by atoms with E-state index in [1.807, 2.05) is 13.8 Å². The SMILES string of the molecule is Cc1oc(C)c(C(=O)Nc2ccc(Br)c(Cl)c2)c1C. The van der Waals surface area contributed by atoms with Crippen molar-refractivity contribution in [3.05, 3.63) is 50.3 Å². The van der Waals surface area contributed by atoms with Gasteiger partial charge < -0.3 is 9.73 Å². The Balaban J connectivity index is 2.28. The summed E-state index contributed by atoms with van der Waals surface area (Å²) in [5.74, 6) is 1.19. The molecule has 0 saturated carbocycles. The molecule has 100 valence electrons. The fourth-order valence-corrected chi connectivity index (χ4v) is 2.32. The van der Waals surface area contributed by atoms with Crippen LogP contribution >= 0.6 is 27.5 Å². The van der Waals surface area contributed by atoms with Crippen molar-refractivity contribution in [2.75, 3.05) is 5.32 Å². The average Bonchev–Trinajstić information content (AvgIpc) is 2.58. The molecule has 1 N–H and O–H groups in total. The molecule has 0 bridgehead atoms. The van der Waals surface area contributed by atoms with E-state index in [1.54, 1.807) is 25.1 Å². The normalized spacial score (nSPS) is 10.6. The predicted octanol–water partition coefficient (Wildman–Crippen LogP) is 4.87. The van der Waals surface area contributed by atoms with Gasteiger partial charge in [-0.15, -0.1) is 0 Å². The summed E-state index contributed by atoms with van der Waals surface area (Å²) in [5.41, 5.74) is 2.09. The van der Waals surface area contributed by atoms with Gasteiger partial charge in [-0.05, 0) is 54.9 Å². The number of hydrogen-bond donors (Lipinski definition) is 1. The van der Waals surface area contributed by atoms with Crippen LogP contribution in [0.3, 0.4) is 0 Å². The third-order valence-corrected chi connectivity index (χ3v) is 4.20. The minimum Gasteiger partial charge on any atom is -0.466 e. The van der Waals surface area contributed by atoms with E-state index in [0.717, 1.165) is 15.8 Å². The lowest BCUT2D eigenvalue weighted by molar-refractivity contribution is 0.102. The highest BCUT2D eigenvalue weighted by Crippen LogP contribution is 2.27. The van der Waals surface area contributed by atoms with Gasteiger partial charge in [0.2, 0.25) is 0 Å². The van der Waals surface area contributed by atoms with Crippen molar-refractivity contribution in [2.24, 2.45) is 0 Å². The molecule has 5 heteroatoms. The highest BCUT2D eigenvalue weighted by molar-refractivity contribution is 9.10. The Morgan fingerprint density at radius 1 is 1.26 bits per heavy atom. The number of aryl methyl sites for hydroxylation is 2. The molecule has 0 atom stereocenters. The Morgan fingerprint density at radius 2 is 1.95 bits per heavy atom. The van der Waals surface area contributed by atoms with Gasteiger partial charge in [0, 0.05) is 15.7 Å². The zero-order valence-corrected chi connectivity index (χ0v) is 13.1. The Kier molecular flexibility index (Phi) is 4.02. The third-order valence-electron chi connectivity index (χ3n) is 2.97. The molecule has 3 nitrogen and oxygen atoms in total. The van der Waals surface area contributed by atoms with Gasteiger partial charge in [-0.1, -0.05) is 11.6 Å². The van der Waals surface area contributed by atoms with Gasteiger partial charge in [0.1, 0.15) is 11.5 Å². The second-order valence-electron chi connectivity index (χ2n) is 4.30. The van der Waals surface area contributed by atoms with E-state index < -0.39 is 0 Å². The quantitative estimate of drug-likeness (QED) is 0.845. The Bertz CT molecular complexity index is 649. The molecule has 2 rings (SSSR count). The molecule has 1 aromatic heterocycles. The van der Waals surface area contributed by atoms with Crippen LogP contribution in [0.15, 0.2) is 27.1 Å². The second kappa shape index (κ2) is 5.39. The minimum absolute atomic E-state index is 0.190. The molecule has 0 unspecified atom stereocenters. The molecule has 0 aliphatic heterocycles. The van der Waals surface area contributed by atoms with E-state index in [-0.39, 0.29) is 5.91 Å². The maximum absolute atomic E-state index is 12.2. The Hall–Kier alpha value is -1.26. The number of nitrogens with one attached hydrogen (secondary N) is 1. The van der Waals surface area contributed by atoms with Gasteiger partial charge in [-0.25, -0.2) is 0 Å². The number of hydrogen-bond acceptors (Lipinski definition) is 2. The monoisotopic (exact) mass is 341 g/mol. The molecule has 0 fully saturated rings. The molecule has 0 aliphatic rings. The molecule has 1 heterocycles. The first kappa shape index (κ1) is 14.2. The Morgan fingerprint density at radius 3 is 2.47 bits per heavy atom. The molecule has 0 spiro atoms. The van der Waals surface area contributed by atoms with Crippen molar-refractivity contribution in [2.45, 2.75) is 20.8 Å². The van der Waals surface area contributed by atoms with Crippen LogP contribution in [0.2, 0.25) is 5.02 Å². The smallest absolute Gasteiger partial charge is 0.259 e. The topological polar surface area (TPSA) is 42.2 Å². The number of amides is 1. The summed E-state index contributed by atoms with van der Waals surface area (Å²) in [6.45, 7) is 5.49. The molecule has 0 saturated heterocycles. The van der Waals surface area contributed by atoms with E-state index in [4.69, 9.17) is 16.0 Å². The van der Waals surface area contributed by atoms with E-state index in [9.17, 15) is 4.79 Å². The predicted molar refractivity (Wildman–Crippen MR) is 80.0 cm³/mol. The largest absolute Gasteiger partial charge is 0.466 e. The van der Waals surface area contributed by atoms with Crippen molar-refractivity contribution in [1.29, 1.82) is 0 Å². The van der Waals surface area contributed by atoms with Crippen LogP contribution in [0.5, 0.6) is 0 Å². The van der Waals surface area contributed by atoms with Crippen LogP contribution < -0.4 is 5.32 Å². The number of carbonyl (C=O) groups excluding carboxylic acids is 1. The second-order valence-corrected chi connectivity index (χ2v) is 5.56. The van der Waals surface area contributed by atoms with Crippen molar-refractivity contribution in [3.8, 4) is 0 Å². The first-order valence-corrected chi connectivity index (χ1v) is 6.90. The van der Waals surface area contributed by atoms with Crippen LogP contribution in [0.1, 0.15) is 27.4 Å². The molecular formula is C14H13BrClNO2. The van der Waals surface area contributed by atoms with Crippen LogP contribution in [0.25, 0.3) is 0 Å². The number of halogens is 2. The number of anilines is 1. The highest BCUT2D eigenvalue weighted by atomic mass is 79.9. The number of carbonyl (C=O) groups is 1. The standard InChI is InChI=1S/C14H13BrClNO2/c1-7-8(2)19-9(3)13(7)14(18)17-10-4-5-11(15)12(16)6-10/h4-6H,1-3H3,(H,17,18). The van der Waals surface area contributed by atoms with E-state index in [2.05, 4.69) is 21.2 Å². The van der Waals surface area contributed by atoms with Crippen molar-refractivity contribution in [1.82, 2.24) is 0 Å². The minimum atomic E-state index is -0.190. The van der Waals surface area contributed by atoms with E-state index in [1.165, 1.54) is 0 Å². The maximum Gasteiger partial charge on any atom is 0.259 e. The summed E-state index contributed by atoms with van der Waals surface area (Å²) < 4.78 is 6.24. The summed E-state index contributed by atoms with van der Waals surface area (Å²) in [6, 6.07) is 5.27. The molecule has 19 heavy (non-hydrogen) atoms. The number of furan rings is 1. The van der Waals surface area contributed by atoms with Gasteiger partial charge in [0.15, 0.2) is 0 Å². The van der Waals surface area contributed by atoms with Crippen LogP contribution in [0, 0.1) is 20.8 Å². The van der Waals surface area contributed by atoms with Gasteiger partial charge in [-0.2, -0.15) is 0 Å². The first-order valence-electron chi connectivity index (χ1n) is 5.73. The lowest BCUT2D eigenvalue weighted by Crippen LogP contribution is -2.13. The summed E-state index contributed by atoms with van der Waals surface area (Å²) in [5, 5.41) is 3.37. The highest BCUT2D eigenvalue weighted by Gasteiger charge is 2.18. The number of benzene rings is 1. The molecule has 1 aromatic carbocycles. The van der Waals surface area contributed by atoms with Crippen molar-refractivity contribution in [3.63, 3.8) is 0 Å². The molecule has 0 aliphatic carbocycles. The Labute approximate surface area is 125 Å². The van der Waals surface area contributed by atoms with Crippen LogP contribution in [-0.2, 0) is 0 Å². The number of rotatable bonds is 2. The molecular weight excluding hydrogens is 330 g/mol. The summed E-state index contributed by atoms with van der Waals surface area (Å²) in [7, 11) is 0. The average molecular weight is 343 g/mol. The van der Waals surface area contributed by atoms with E-state index >= 15 is 0 Å². The molecule has 0 radical (unpaired) electrons. The van der Waals surface area contributed by atoms with Crippen LogP contribution in [0.4, 0.5) is 5.69 Å². The summed E-state index contributed by atoms with van der Waals surface area (Å²) >= 11 is 9.30. The summed E-state index contributed by atoms with van der Waals surface area (Å²) in [4.78, 5) is 12.2. The first-order chi connectivity index (χ1) is 8.90. The van der Waals surface area contributed by atoms with Crippen LogP contribution in [-0.4, -0.2) is 5.91 Å². The lowest BCUT2D eigenvalue weighted by atomic mass is 10.1. The fraction of sp³-hybridized carbons (Fsp3) is 0.214. The molecule has 2 aromatic rings. The van der Waals surface area contributed by atoms with Gasteiger partial charge in [-0.3, -0.25) is 4.79 Å². The van der Waals surface area contributed by atoms with Crippen molar-refractivity contribution < 1.29 is 9.21 Å². The fourth-order valence-electron chi connectivity index (χ4n) is 1.89. The molecule has 1 amide bonds. The lowest BCUT2D eigenvalue weighted by Gasteiger charge is -2.06. The summed E-state index contributed by atoms with van der Waals surface area (Å²) in [6.07, 6.45) is 0. The van der Waals surface area contributed by atoms with Crippen molar-refractivity contribution >= 4 is 39.1 Å². The zero-order chi connectivity index (χ0) is 14.2. The third kappa shape index (κ3) is 2.85. The maximum atomic E-state index is 12.2. The zero-order valence-electron chi connectivity index (χ0n) is 10.8. The van der Waals surface area contributed by atoms with Gasteiger partial charge in [0.05, 0.1) is 10.6 Å². The van der Waals surface area contributed by atoms with Gasteiger partial charge >= 0.3 is 0 Å². The van der Waals surface area contributed by atoms with E-state index in [0.29, 0.717) is 22.0 Å².